The Labute approximate surface area is 119 Å². The maximum Gasteiger partial charge on any atom is 0.242 e. The lowest BCUT2D eigenvalue weighted by molar-refractivity contribution is 0.179. The molecule has 0 atom stereocenters. The van der Waals surface area contributed by atoms with Gasteiger partial charge in [-0.15, -0.1) is 0 Å². The summed E-state index contributed by atoms with van der Waals surface area (Å²) >= 11 is 0. The molecule has 1 aromatic rings. The average molecular weight is 299 g/mol. The van der Waals surface area contributed by atoms with Crippen LogP contribution >= 0.6 is 0 Å². The van der Waals surface area contributed by atoms with Crippen molar-refractivity contribution in [2.45, 2.75) is 4.90 Å². The number of nitrogen functional groups attached to an aromatic ring is 1. The van der Waals surface area contributed by atoms with Crippen LogP contribution in [0.1, 0.15) is 0 Å². The largest absolute Gasteiger partial charge is 0.398 e. The van der Waals surface area contributed by atoms with E-state index in [1.165, 1.54) is 13.1 Å². The molecule has 20 heavy (non-hydrogen) atoms. The van der Waals surface area contributed by atoms with E-state index in [0.29, 0.717) is 0 Å². The highest BCUT2D eigenvalue weighted by Gasteiger charge is 2.17. The second-order valence-corrected chi connectivity index (χ2v) is 6.72. The number of hydrazine groups is 1. The molecule has 0 bridgehead atoms. The molecule has 0 aliphatic carbocycles. The van der Waals surface area contributed by atoms with Crippen LogP contribution in [0, 0.1) is 0 Å². The minimum Gasteiger partial charge on any atom is -0.398 e. The molecule has 1 aromatic carbocycles. The molecule has 8 heteroatoms. The van der Waals surface area contributed by atoms with E-state index in [0.717, 1.165) is 31.9 Å². The first kappa shape index (κ1) is 15.0. The smallest absolute Gasteiger partial charge is 0.242 e. The van der Waals surface area contributed by atoms with Crippen LogP contribution in [-0.4, -0.2) is 58.6 Å². The number of nitrogens with one attached hydrogen (secondary N) is 2. The molecular formula is C12H21N5O2S. The molecule has 0 unspecified atom stereocenters. The Hall–Kier alpha value is -1.35. The second-order valence-electron chi connectivity index (χ2n) is 4.86. The van der Waals surface area contributed by atoms with Crippen molar-refractivity contribution in [2.75, 3.05) is 51.4 Å². The van der Waals surface area contributed by atoms with Gasteiger partial charge in [-0.25, -0.2) is 18.1 Å². The highest BCUT2D eigenvalue weighted by Crippen LogP contribution is 2.22. The fourth-order valence-corrected chi connectivity index (χ4v) is 2.91. The molecule has 2 rings (SSSR count). The number of likely N-dealkylation sites (N-methyl/N-ethyl adjacent to an activating group) is 1. The third-order valence-electron chi connectivity index (χ3n) is 3.36. The number of rotatable bonds is 4. The van der Waals surface area contributed by atoms with E-state index in [1.807, 2.05) is 0 Å². The molecule has 7 nitrogen and oxygen atoms in total. The van der Waals surface area contributed by atoms with Gasteiger partial charge in [0.1, 0.15) is 4.90 Å². The molecule has 0 amide bonds. The van der Waals surface area contributed by atoms with Gasteiger partial charge < -0.3 is 16.1 Å². The first-order valence-electron chi connectivity index (χ1n) is 6.45. The zero-order valence-corrected chi connectivity index (χ0v) is 12.6. The van der Waals surface area contributed by atoms with Crippen LogP contribution in [0.2, 0.25) is 0 Å². The van der Waals surface area contributed by atoms with E-state index in [1.54, 1.807) is 12.1 Å². The fourth-order valence-electron chi connectivity index (χ4n) is 2.07. The fraction of sp³-hybridized carbons (Fsp3) is 0.500. The van der Waals surface area contributed by atoms with Gasteiger partial charge in [0, 0.05) is 26.2 Å². The van der Waals surface area contributed by atoms with E-state index in [2.05, 4.69) is 27.1 Å². The first-order chi connectivity index (χ1) is 9.42. The van der Waals surface area contributed by atoms with E-state index in [-0.39, 0.29) is 10.6 Å². The number of hydrogen-bond donors (Lipinski definition) is 3. The lowest BCUT2D eigenvalue weighted by atomic mass is 10.3. The Kier molecular flexibility index (Phi) is 4.48. The van der Waals surface area contributed by atoms with Crippen molar-refractivity contribution >= 4 is 21.4 Å². The Bertz CT molecular complexity index is 567. The van der Waals surface area contributed by atoms with Crippen molar-refractivity contribution in [3.05, 3.63) is 18.2 Å². The van der Waals surface area contributed by atoms with Crippen LogP contribution in [-0.2, 0) is 10.0 Å². The van der Waals surface area contributed by atoms with Crippen molar-refractivity contribution < 1.29 is 8.42 Å². The molecule has 0 saturated carbocycles. The number of anilines is 2. The van der Waals surface area contributed by atoms with E-state index < -0.39 is 10.0 Å². The topological polar surface area (TPSA) is 90.7 Å². The minimum absolute atomic E-state index is 0.101. The summed E-state index contributed by atoms with van der Waals surface area (Å²) in [6, 6.07) is 4.88. The zero-order valence-electron chi connectivity index (χ0n) is 11.8. The van der Waals surface area contributed by atoms with Gasteiger partial charge in [0.25, 0.3) is 0 Å². The Morgan fingerprint density at radius 3 is 2.40 bits per heavy atom. The Morgan fingerprint density at radius 1 is 1.20 bits per heavy atom. The van der Waals surface area contributed by atoms with Crippen LogP contribution in [0.15, 0.2) is 23.1 Å². The standard InChI is InChI=1S/C12H21N5O2S/c1-14-20(18,19)12-4-3-10(9-11(12)13)15-17-7-5-16(2)6-8-17/h3-4,9,14-15H,5-8,13H2,1-2H3. The monoisotopic (exact) mass is 299 g/mol. The lowest BCUT2D eigenvalue weighted by Gasteiger charge is -2.33. The van der Waals surface area contributed by atoms with Crippen LogP contribution in [0.5, 0.6) is 0 Å². The molecular weight excluding hydrogens is 278 g/mol. The summed E-state index contributed by atoms with van der Waals surface area (Å²) in [4.78, 5) is 2.36. The maximum atomic E-state index is 11.7. The van der Waals surface area contributed by atoms with Crippen LogP contribution in [0.25, 0.3) is 0 Å². The molecule has 1 fully saturated rings. The molecule has 0 radical (unpaired) electrons. The lowest BCUT2D eigenvalue weighted by Crippen LogP contribution is -2.46. The summed E-state index contributed by atoms with van der Waals surface area (Å²) in [7, 11) is -0.0528. The number of nitrogens with two attached hydrogens (primary N) is 1. The second kappa shape index (κ2) is 5.96. The van der Waals surface area contributed by atoms with Gasteiger partial charge in [-0.2, -0.15) is 0 Å². The van der Waals surface area contributed by atoms with Crippen molar-refractivity contribution in [3.8, 4) is 0 Å². The number of piperazine rings is 1. The number of benzene rings is 1. The summed E-state index contributed by atoms with van der Waals surface area (Å²) < 4.78 is 25.7. The minimum atomic E-state index is -3.51. The molecule has 1 saturated heterocycles. The number of sulfonamides is 1. The maximum absolute atomic E-state index is 11.7. The van der Waals surface area contributed by atoms with Gasteiger partial charge >= 0.3 is 0 Å². The Morgan fingerprint density at radius 2 is 1.85 bits per heavy atom. The summed E-state index contributed by atoms with van der Waals surface area (Å²) in [6.07, 6.45) is 0. The van der Waals surface area contributed by atoms with E-state index in [4.69, 9.17) is 5.73 Å². The molecule has 112 valence electrons. The zero-order chi connectivity index (χ0) is 14.8. The summed E-state index contributed by atoms with van der Waals surface area (Å²) in [5, 5.41) is 2.10. The van der Waals surface area contributed by atoms with Gasteiger partial charge in [-0.3, -0.25) is 0 Å². The molecule has 0 spiro atoms. The summed E-state index contributed by atoms with van der Waals surface area (Å²) in [5.41, 5.74) is 10.1. The predicted molar refractivity (Wildman–Crippen MR) is 79.8 cm³/mol. The van der Waals surface area contributed by atoms with Gasteiger partial charge in [0.15, 0.2) is 0 Å². The average Bonchev–Trinajstić information content (AvgIpc) is 2.41. The van der Waals surface area contributed by atoms with Crippen molar-refractivity contribution in [1.82, 2.24) is 14.6 Å². The third-order valence-corrected chi connectivity index (χ3v) is 4.85. The SMILES string of the molecule is CNS(=O)(=O)c1ccc(NN2CCN(C)CC2)cc1N. The number of hydrogen-bond acceptors (Lipinski definition) is 6. The molecule has 1 aliphatic heterocycles. The summed E-state index contributed by atoms with van der Waals surface area (Å²) in [6.45, 7) is 3.81. The van der Waals surface area contributed by atoms with Gasteiger partial charge in [-0.1, -0.05) is 0 Å². The van der Waals surface area contributed by atoms with Crippen molar-refractivity contribution in [3.63, 3.8) is 0 Å². The number of nitrogens with zero attached hydrogens (tertiary/aromatic N) is 2. The van der Waals surface area contributed by atoms with Crippen molar-refractivity contribution in [1.29, 1.82) is 0 Å². The Balaban J connectivity index is 2.10. The predicted octanol–water partition coefficient (Wildman–Crippen LogP) is -0.249. The van der Waals surface area contributed by atoms with Crippen LogP contribution < -0.4 is 15.9 Å². The highest BCUT2D eigenvalue weighted by atomic mass is 32.2. The molecule has 1 aliphatic rings. The first-order valence-corrected chi connectivity index (χ1v) is 7.94. The molecule has 1 heterocycles. The quantitative estimate of drug-likeness (QED) is 0.664. The van der Waals surface area contributed by atoms with E-state index in [9.17, 15) is 8.42 Å². The van der Waals surface area contributed by atoms with Crippen LogP contribution in [0.3, 0.4) is 0 Å². The highest BCUT2D eigenvalue weighted by molar-refractivity contribution is 7.89. The molecule has 0 aromatic heterocycles. The normalized spacial score (nSPS) is 18.1. The van der Waals surface area contributed by atoms with Crippen molar-refractivity contribution in [2.24, 2.45) is 0 Å². The van der Waals surface area contributed by atoms with E-state index >= 15 is 0 Å². The molecule has 4 N–H and O–H groups in total. The van der Waals surface area contributed by atoms with Crippen LogP contribution in [0.4, 0.5) is 11.4 Å². The summed E-state index contributed by atoms with van der Waals surface area (Å²) in [5.74, 6) is 0. The third kappa shape index (κ3) is 3.40. The van der Waals surface area contributed by atoms with Gasteiger partial charge in [-0.05, 0) is 32.3 Å². The van der Waals surface area contributed by atoms with Gasteiger partial charge in [0.05, 0.1) is 11.4 Å². The van der Waals surface area contributed by atoms with Gasteiger partial charge in [0.2, 0.25) is 10.0 Å².